The molecule has 98 valence electrons. The van der Waals surface area contributed by atoms with Gasteiger partial charge in [-0.1, -0.05) is 25.1 Å². The van der Waals surface area contributed by atoms with Crippen molar-refractivity contribution in [2.45, 2.75) is 25.8 Å². The molecule has 1 aliphatic rings. The molecule has 1 unspecified atom stereocenters. The zero-order valence-corrected chi connectivity index (χ0v) is 11.7. The van der Waals surface area contributed by atoms with Crippen molar-refractivity contribution in [2.75, 3.05) is 25.0 Å². The lowest BCUT2D eigenvalue weighted by molar-refractivity contribution is 0.210. The zero-order chi connectivity index (χ0) is 12.8. The molecule has 0 bridgehead atoms. The Hall–Kier alpha value is -1.13. The fourth-order valence-corrected chi connectivity index (χ4v) is 2.62. The van der Waals surface area contributed by atoms with E-state index < -0.39 is 0 Å². The van der Waals surface area contributed by atoms with Crippen LogP contribution in [0.25, 0.3) is 0 Å². The number of anilines is 1. The quantitative estimate of drug-likeness (QED) is 0.819. The summed E-state index contributed by atoms with van der Waals surface area (Å²) in [7, 11) is 0. The molecule has 0 radical (unpaired) electrons. The maximum Gasteiger partial charge on any atom is 0.171 e. The first-order valence-corrected chi connectivity index (χ1v) is 7.03. The van der Waals surface area contributed by atoms with Gasteiger partial charge in [0, 0.05) is 18.3 Å². The smallest absolute Gasteiger partial charge is 0.171 e. The van der Waals surface area contributed by atoms with Gasteiger partial charge >= 0.3 is 0 Å². The van der Waals surface area contributed by atoms with E-state index in [4.69, 9.17) is 12.2 Å². The number of hydrogen-bond donors (Lipinski definition) is 2. The molecule has 0 aliphatic carbocycles. The molecule has 1 aromatic rings. The van der Waals surface area contributed by atoms with Crippen molar-refractivity contribution in [3.05, 3.63) is 30.3 Å². The average Bonchev–Trinajstić information content (AvgIpc) is 2.40. The van der Waals surface area contributed by atoms with Crippen molar-refractivity contribution < 1.29 is 0 Å². The van der Waals surface area contributed by atoms with Gasteiger partial charge in [-0.05, 0) is 50.3 Å². The first-order valence-electron chi connectivity index (χ1n) is 6.63. The molecular formula is C14H21N3S. The lowest BCUT2D eigenvalue weighted by atomic mass is 10.1. The molecule has 2 rings (SSSR count). The third-order valence-electron chi connectivity index (χ3n) is 3.32. The van der Waals surface area contributed by atoms with Gasteiger partial charge in [0.2, 0.25) is 0 Å². The highest BCUT2D eigenvalue weighted by Crippen LogP contribution is 2.10. The van der Waals surface area contributed by atoms with Crippen LogP contribution in [-0.2, 0) is 0 Å². The summed E-state index contributed by atoms with van der Waals surface area (Å²) in [4.78, 5) is 2.46. The molecule has 0 aromatic heterocycles. The number of piperidine rings is 1. The predicted molar refractivity (Wildman–Crippen MR) is 80.9 cm³/mol. The number of para-hydroxylation sites is 1. The van der Waals surface area contributed by atoms with Crippen molar-refractivity contribution in [1.29, 1.82) is 0 Å². The summed E-state index contributed by atoms with van der Waals surface area (Å²) in [5.41, 5.74) is 1.04. The normalized spacial score (nSPS) is 20.4. The molecule has 1 aliphatic heterocycles. The molecule has 3 nitrogen and oxygen atoms in total. The number of rotatable bonds is 3. The van der Waals surface area contributed by atoms with Crippen LogP contribution in [0.5, 0.6) is 0 Å². The molecular weight excluding hydrogens is 242 g/mol. The van der Waals surface area contributed by atoms with Gasteiger partial charge in [-0.3, -0.25) is 0 Å². The maximum absolute atomic E-state index is 5.35. The van der Waals surface area contributed by atoms with Crippen LogP contribution < -0.4 is 10.6 Å². The van der Waals surface area contributed by atoms with Crippen LogP contribution in [0.15, 0.2) is 30.3 Å². The van der Waals surface area contributed by atoms with E-state index in [9.17, 15) is 0 Å². The first kappa shape index (κ1) is 13.3. The summed E-state index contributed by atoms with van der Waals surface area (Å²) in [5, 5.41) is 7.36. The van der Waals surface area contributed by atoms with E-state index in [2.05, 4.69) is 22.5 Å². The second-order valence-corrected chi connectivity index (χ2v) is 5.11. The minimum atomic E-state index is 0.474. The first-order chi connectivity index (χ1) is 8.78. The van der Waals surface area contributed by atoms with Gasteiger partial charge in [0.1, 0.15) is 0 Å². The number of thiocarbonyl (C=S) groups is 1. The van der Waals surface area contributed by atoms with Crippen molar-refractivity contribution in [3.63, 3.8) is 0 Å². The van der Waals surface area contributed by atoms with Crippen molar-refractivity contribution in [2.24, 2.45) is 0 Å². The summed E-state index contributed by atoms with van der Waals surface area (Å²) < 4.78 is 0. The third kappa shape index (κ3) is 3.96. The maximum atomic E-state index is 5.35. The zero-order valence-electron chi connectivity index (χ0n) is 10.9. The molecule has 1 saturated heterocycles. The van der Waals surface area contributed by atoms with Crippen molar-refractivity contribution in [3.8, 4) is 0 Å². The van der Waals surface area contributed by atoms with Gasteiger partial charge in [-0.15, -0.1) is 0 Å². The summed E-state index contributed by atoms with van der Waals surface area (Å²) in [5.74, 6) is 0. The van der Waals surface area contributed by atoms with Crippen molar-refractivity contribution >= 4 is 23.0 Å². The fraction of sp³-hybridized carbons (Fsp3) is 0.500. The highest BCUT2D eigenvalue weighted by Gasteiger charge is 2.18. The van der Waals surface area contributed by atoms with E-state index in [-0.39, 0.29) is 0 Å². The number of nitrogens with zero attached hydrogens (tertiary/aromatic N) is 1. The molecule has 4 heteroatoms. The van der Waals surface area contributed by atoms with Gasteiger partial charge in [-0.25, -0.2) is 0 Å². The average molecular weight is 263 g/mol. The Balaban J connectivity index is 1.80. The molecule has 0 spiro atoms. The SMILES string of the molecule is CCN1CCCC(NC(=S)Nc2ccccc2)C1. The number of hydrogen-bond acceptors (Lipinski definition) is 2. The van der Waals surface area contributed by atoms with Gasteiger partial charge in [0.05, 0.1) is 0 Å². The number of nitrogens with one attached hydrogen (secondary N) is 2. The summed E-state index contributed by atoms with van der Waals surface area (Å²) in [6.07, 6.45) is 2.45. The Morgan fingerprint density at radius 2 is 2.17 bits per heavy atom. The summed E-state index contributed by atoms with van der Waals surface area (Å²) >= 11 is 5.35. The predicted octanol–water partition coefficient (Wildman–Crippen LogP) is 2.46. The molecule has 1 fully saturated rings. The highest BCUT2D eigenvalue weighted by atomic mass is 32.1. The van der Waals surface area contributed by atoms with E-state index in [0.717, 1.165) is 23.9 Å². The Kier molecular flexibility index (Phi) is 4.96. The lowest BCUT2D eigenvalue weighted by Gasteiger charge is -2.32. The molecule has 2 N–H and O–H groups in total. The van der Waals surface area contributed by atoms with Gasteiger partial charge in [-0.2, -0.15) is 0 Å². The number of likely N-dealkylation sites (tertiary alicyclic amines) is 1. The molecule has 18 heavy (non-hydrogen) atoms. The Labute approximate surface area is 115 Å². The minimum Gasteiger partial charge on any atom is -0.358 e. The second-order valence-electron chi connectivity index (χ2n) is 4.70. The van der Waals surface area contributed by atoms with Crippen LogP contribution in [0.1, 0.15) is 19.8 Å². The standard InChI is InChI=1S/C14H21N3S/c1-2-17-10-6-9-13(11-17)16-14(18)15-12-7-4-3-5-8-12/h3-5,7-8,13H,2,6,9-11H2,1H3,(H2,15,16,18). The van der Waals surface area contributed by atoms with Gasteiger partial charge in [0.15, 0.2) is 5.11 Å². The van der Waals surface area contributed by atoms with Gasteiger partial charge < -0.3 is 15.5 Å². The van der Waals surface area contributed by atoms with Crippen LogP contribution in [-0.4, -0.2) is 35.7 Å². The van der Waals surface area contributed by atoms with E-state index in [0.29, 0.717) is 6.04 Å². The Morgan fingerprint density at radius 3 is 2.89 bits per heavy atom. The Morgan fingerprint density at radius 1 is 1.39 bits per heavy atom. The van der Waals surface area contributed by atoms with E-state index in [1.807, 2.05) is 30.3 Å². The Bertz CT molecular complexity index is 380. The third-order valence-corrected chi connectivity index (χ3v) is 3.54. The van der Waals surface area contributed by atoms with Crippen LogP contribution >= 0.6 is 12.2 Å². The van der Waals surface area contributed by atoms with Crippen LogP contribution in [0.4, 0.5) is 5.69 Å². The van der Waals surface area contributed by atoms with E-state index >= 15 is 0 Å². The molecule has 1 atom stereocenters. The monoisotopic (exact) mass is 263 g/mol. The molecule has 1 heterocycles. The molecule has 0 saturated carbocycles. The lowest BCUT2D eigenvalue weighted by Crippen LogP contribution is -2.48. The largest absolute Gasteiger partial charge is 0.358 e. The summed E-state index contributed by atoms with van der Waals surface area (Å²) in [6.45, 7) is 5.64. The highest BCUT2D eigenvalue weighted by molar-refractivity contribution is 7.80. The van der Waals surface area contributed by atoms with E-state index in [1.54, 1.807) is 0 Å². The van der Waals surface area contributed by atoms with Crippen LogP contribution in [0, 0.1) is 0 Å². The van der Waals surface area contributed by atoms with Crippen LogP contribution in [0.3, 0.4) is 0 Å². The summed E-state index contributed by atoms with van der Waals surface area (Å²) in [6, 6.07) is 10.5. The molecule has 0 amide bonds. The number of benzene rings is 1. The van der Waals surface area contributed by atoms with Crippen molar-refractivity contribution in [1.82, 2.24) is 10.2 Å². The topological polar surface area (TPSA) is 27.3 Å². The van der Waals surface area contributed by atoms with Gasteiger partial charge in [0.25, 0.3) is 0 Å². The van der Waals surface area contributed by atoms with Crippen LogP contribution in [0.2, 0.25) is 0 Å². The fourth-order valence-electron chi connectivity index (χ4n) is 2.33. The molecule has 1 aromatic carbocycles. The minimum absolute atomic E-state index is 0.474. The second kappa shape index (κ2) is 6.71. The van der Waals surface area contributed by atoms with E-state index in [1.165, 1.54) is 19.4 Å². The number of likely N-dealkylation sites (N-methyl/N-ethyl adjacent to an activating group) is 1.